The minimum absolute atomic E-state index is 0.0320. The van der Waals surface area contributed by atoms with E-state index >= 15 is 0 Å². The summed E-state index contributed by atoms with van der Waals surface area (Å²) < 4.78 is 45.3. The normalized spacial score (nSPS) is 20.3. The monoisotopic (exact) mass is 862 g/mol. The second kappa shape index (κ2) is 15.8. The molecule has 0 spiro atoms. The van der Waals surface area contributed by atoms with E-state index in [0.717, 1.165) is 39.3 Å². The van der Waals surface area contributed by atoms with Crippen molar-refractivity contribution in [2.75, 3.05) is 37.6 Å². The van der Waals surface area contributed by atoms with Crippen LogP contribution in [0.3, 0.4) is 0 Å². The summed E-state index contributed by atoms with van der Waals surface area (Å²) in [5.41, 5.74) is 6.30. The van der Waals surface area contributed by atoms with E-state index in [1.54, 1.807) is 29.2 Å². The molecule has 6 aliphatic rings. The van der Waals surface area contributed by atoms with Crippen LogP contribution in [0.2, 0.25) is 0 Å². The van der Waals surface area contributed by atoms with Gasteiger partial charge >= 0.3 is 0 Å². The van der Waals surface area contributed by atoms with Gasteiger partial charge in [-0.3, -0.25) is 48.6 Å². The number of carbonyl (C=O) groups excluding carboxylic acids is 6. The number of benzene rings is 3. The molecule has 17 heteroatoms. The molecule has 63 heavy (non-hydrogen) atoms. The Labute approximate surface area is 360 Å². The highest BCUT2D eigenvalue weighted by Crippen LogP contribution is 2.44. The predicted molar refractivity (Wildman–Crippen MR) is 221 cm³/mol. The first kappa shape index (κ1) is 40.7. The molecule has 0 saturated carbocycles. The van der Waals surface area contributed by atoms with Gasteiger partial charge in [-0.2, -0.15) is 5.10 Å². The van der Waals surface area contributed by atoms with Crippen LogP contribution in [0.1, 0.15) is 106 Å². The highest BCUT2D eigenvalue weighted by molar-refractivity contribution is 6.23. The second-order valence-corrected chi connectivity index (χ2v) is 17.4. The summed E-state index contributed by atoms with van der Waals surface area (Å²) in [4.78, 5) is 85.9. The number of fused-ring (bicyclic) bond motifs is 4. The highest BCUT2D eigenvalue weighted by Gasteiger charge is 2.46. The average Bonchev–Trinajstić information content (AvgIpc) is 3.92. The number of anilines is 2. The van der Waals surface area contributed by atoms with Crippen molar-refractivity contribution in [3.8, 4) is 11.1 Å². The van der Waals surface area contributed by atoms with Gasteiger partial charge in [-0.05, 0) is 96.3 Å². The van der Waals surface area contributed by atoms with Gasteiger partial charge in [0.2, 0.25) is 23.6 Å². The molecule has 0 bridgehead atoms. The van der Waals surface area contributed by atoms with Gasteiger partial charge in [0.15, 0.2) is 5.82 Å². The first-order chi connectivity index (χ1) is 30.3. The zero-order valence-corrected chi connectivity index (χ0v) is 34.7. The zero-order valence-electron chi connectivity index (χ0n) is 34.7. The molecule has 1 unspecified atom stereocenters. The number of aryl methyl sites for hydroxylation is 1. The number of carbonyl (C=O) groups is 6. The topological polar surface area (TPSA) is 148 Å². The van der Waals surface area contributed by atoms with E-state index in [1.165, 1.54) is 31.2 Å². The molecule has 2 fully saturated rings. The number of alkyl halides is 2. The number of aromatic nitrogens is 2. The summed E-state index contributed by atoms with van der Waals surface area (Å²) in [5.74, 6) is -2.11. The van der Waals surface area contributed by atoms with E-state index in [4.69, 9.17) is 5.10 Å². The maximum Gasteiger partial charge on any atom is 0.264 e. The maximum absolute atomic E-state index is 14.7. The lowest BCUT2D eigenvalue weighted by atomic mass is 9.91. The van der Waals surface area contributed by atoms with E-state index in [9.17, 15) is 41.9 Å². The van der Waals surface area contributed by atoms with E-state index in [2.05, 4.69) is 10.00 Å². The van der Waals surface area contributed by atoms with E-state index in [0.29, 0.717) is 94.1 Å². The minimum Gasteiger partial charge on any atom is -0.341 e. The number of likely N-dealkylation sites (tertiary alicyclic amines) is 1. The van der Waals surface area contributed by atoms with Gasteiger partial charge in [0.05, 0.1) is 30.3 Å². The van der Waals surface area contributed by atoms with E-state index in [-0.39, 0.29) is 53.9 Å². The standard InChI is InChI=1S/C46H45F3N8O6/c1-25(58)54-16-12-37-36(23-54)43(55-13-2-3-27-17-32(26-4-6-30(47)7-5-26)33(42(48)49)20-39(27)55)51-57(37)31-10-14-53(15-11-31)41(60)24-52-21-28-18-34-35(19-29(28)22-52)46(63)56(45(34)62)38-8-9-40(59)50-44(38)61/h4-7,17-20,31,38,42H,2-3,8-16,21-24H2,1H3,(H,50,59,61). The molecule has 10 rings (SSSR count). The Kier molecular flexibility index (Phi) is 10.2. The van der Waals surface area contributed by atoms with Crippen LogP contribution in [-0.4, -0.2) is 104 Å². The molecule has 6 aliphatic heterocycles. The summed E-state index contributed by atoms with van der Waals surface area (Å²) in [6.45, 7) is 4.94. The number of rotatable bonds is 7. The van der Waals surface area contributed by atoms with Gasteiger partial charge in [0, 0.05) is 81.5 Å². The molecule has 7 heterocycles. The quantitative estimate of drug-likeness (QED) is 0.248. The molecule has 4 aromatic rings. The summed E-state index contributed by atoms with van der Waals surface area (Å²) in [6, 6.07) is 11.2. The number of hydrogen-bond donors (Lipinski definition) is 1. The van der Waals surface area contributed by atoms with Crippen LogP contribution in [0, 0.1) is 5.82 Å². The third-order valence-electron chi connectivity index (χ3n) is 13.6. The van der Waals surface area contributed by atoms with Crippen LogP contribution in [0.15, 0.2) is 48.5 Å². The van der Waals surface area contributed by atoms with Crippen molar-refractivity contribution in [2.24, 2.45) is 0 Å². The number of halogens is 3. The Hall–Kier alpha value is -6.36. The third kappa shape index (κ3) is 7.15. The van der Waals surface area contributed by atoms with Crippen molar-refractivity contribution in [3.63, 3.8) is 0 Å². The molecule has 6 amide bonds. The van der Waals surface area contributed by atoms with Crippen LogP contribution in [0.5, 0.6) is 0 Å². The van der Waals surface area contributed by atoms with Gasteiger partial charge in [0.1, 0.15) is 11.9 Å². The zero-order chi connectivity index (χ0) is 43.8. The van der Waals surface area contributed by atoms with Crippen molar-refractivity contribution >= 4 is 46.9 Å². The Morgan fingerprint density at radius 1 is 0.794 bits per heavy atom. The smallest absolute Gasteiger partial charge is 0.264 e. The lowest BCUT2D eigenvalue weighted by molar-refractivity contribution is -0.136. The van der Waals surface area contributed by atoms with E-state index < -0.39 is 41.9 Å². The van der Waals surface area contributed by atoms with Crippen LogP contribution >= 0.6 is 0 Å². The molecule has 0 radical (unpaired) electrons. The first-order valence-electron chi connectivity index (χ1n) is 21.5. The number of nitrogens with zero attached hydrogens (tertiary/aromatic N) is 7. The minimum atomic E-state index is -2.77. The summed E-state index contributed by atoms with van der Waals surface area (Å²) in [7, 11) is 0. The van der Waals surface area contributed by atoms with Gasteiger partial charge < -0.3 is 14.7 Å². The number of piperidine rings is 2. The molecule has 0 aliphatic carbocycles. The number of imide groups is 2. The van der Waals surface area contributed by atoms with Crippen LogP contribution in [0.25, 0.3) is 11.1 Å². The Balaban J connectivity index is 0.840. The largest absolute Gasteiger partial charge is 0.341 e. The highest BCUT2D eigenvalue weighted by atomic mass is 19.3. The molecule has 3 aromatic carbocycles. The van der Waals surface area contributed by atoms with E-state index in [1.807, 2.05) is 14.7 Å². The molecule has 326 valence electrons. The Bertz CT molecular complexity index is 2580. The molecule has 1 atom stereocenters. The van der Waals surface area contributed by atoms with Gasteiger partial charge in [-0.15, -0.1) is 0 Å². The average molecular weight is 863 g/mol. The third-order valence-corrected chi connectivity index (χ3v) is 13.6. The van der Waals surface area contributed by atoms with Crippen molar-refractivity contribution < 1.29 is 41.9 Å². The lowest BCUT2D eigenvalue weighted by Gasteiger charge is -2.34. The first-order valence-corrected chi connectivity index (χ1v) is 21.5. The van der Waals surface area contributed by atoms with Crippen molar-refractivity contribution in [2.45, 2.75) is 90.0 Å². The number of nitrogens with one attached hydrogen (secondary N) is 1. The second-order valence-electron chi connectivity index (χ2n) is 17.4. The maximum atomic E-state index is 14.7. The van der Waals surface area contributed by atoms with Gasteiger partial charge in [-0.25, -0.2) is 13.2 Å². The Morgan fingerprint density at radius 2 is 1.48 bits per heavy atom. The summed E-state index contributed by atoms with van der Waals surface area (Å²) >= 11 is 0. The van der Waals surface area contributed by atoms with Gasteiger partial charge in [0.25, 0.3) is 18.2 Å². The van der Waals surface area contributed by atoms with Crippen molar-refractivity contribution in [1.82, 2.24) is 34.7 Å². The SMILES string of the molecule is CC(=O)N1CCc2c(c(N3CCCc4cc(-c5ccc(F)cc5)c(C(F)F)cc43)nn2C2CCN(C(=O)CN3Cc4cc5c(cc4C3)C(=O)N(C3CCC(=O)NC3=O)C5=O)CC2)C1. The fourth-order valence-corrected chi connectivity index (χ4v) is 10.3. The van der Waals surface area contributed by atoms with Crippen LogP contribution in [-0.2, 0) is 51.7 Å². The fourth-order valence-electron chi connectivity index (χ4n) is 10.3. The molecule has 1 N–H and O–H groups in total. The van der Waals surface area contributed by atoms with Crippen molar-refractivity contribution in [1.29, 1.82) is 0 Å². The molecular weight excluding hydrogens is 818 g/mol. The van der Waals surface area contributed by atoms with Gasteiger partial charge in [-0.1, -0.05) is 12.1 Å². The summed E-state index contributed by atoms with van der Waals surface area (Å²) in [6.07, 6.45) is 0.646. The Morgan fingerprint density at radius 3 is 2.13 bits per heavy atom. The predicted octanol–water partition coefficient (Wildman–Crippen LogP) is 5.20. The van der Waals surface area contributed by atoms with Crippen LogP contribution < -0.4 is 10.2 Å². The molecule has 1 aromatic heterocycles. The fraction of sp³-hybridized carbons (Fsp3) is 0.413. The molecule has 14 nitrogen and oxygen atoms in total. The lowest BCUT2D eigenvalue weighted by Crippen LogP contribution is -2.54. The molecule has 2 saturated heterocycles. The number of hydrogen-bond acceptors (Lipinski definition) is 9. The van der Waals surface area contributed by atoms with Crippen molar-refractivity contribution in [3.05, 3.63) is 99.0 Å². The molecular formula is C46H45F3N8O6. The van der Waals surface area contributed by atoms with Crippen LogP contribution in [0.4, 0.5) is 24.7 Å². The number of amides is 6. The summed E-state index contributed by atoms with van der Waals surface area (Å²) in [5, 5.41) is 7.44.